The molecule has 1 saturated carbocycles. The number of hydrogen-bond donors (Lipinski definition) is 2. The third-order valence-electron chi connectivity index (χ3n) is 3.42. The maximum absolute atomic E-state index is 11.4. The molecule has 0 radical (unpaired) electrons. The summed E-state index contributed by atoms with van der Waals surface area (Å²) < 4.78 is 6.88. The van der Waals surface area contributed by atoms with Crippen LogP contribution in [0.3, 0.4) is 0 Å². The maximum Gasteiger partial charge on any atom is 0.258 e. The zero-order valence-electron chi connectivity index (χ0n) is 11.9. The molecule has 1 aromatic rings. The van der Waals surface area contributed by atoms with Crippen LogP contribution in [-0.4, -0.2) is 18.1 Å². The minimum Gasteiger partial charge on any atom is -0.480 e. The first kappa shape index (κ1) is 15.3. The molecule has 20 heavy (non-hydrogen) atoms. The molecular formula is C15H21BrN2O2. The van der Waals surface area contributed by atoms with Crippen molar-refractivity contribution in [2.75, 3.05) is 0 Å². The highest BCUT2D eigenvalue weighted by Gasteiger charge is 2.22. The molecule has 0 saturated heterocycles. The normalized spacial score (nSPS) is 15.9. The topological polar surface area (TPSA) is 64.3 Å². The number of nitrogens with two attached hydrogens (primary N) is 1. The van der Waals surface area contributed by atoms with Crippen molar-refractivity contribution in [3.63, 3.8) is 0 Å². The monoisotopic (exact) mass is 340 g/mol. The van der Waals surface area contributed by atoms with E-state index >= 15 is 0 Å². The van der Waals surface area contributed by atoms with Crippen LogP contribution in [0.5, 0.6) is 5.75 Å². The van der Waals surface area contributed by atoms with E-state index in [0.717, 1.165) is 27.9 Å². The van der Waals surface area contributed by atoms with E-state index in [1.54, 1.807) is 0 Å². The summed E-state index contributed by atoms with van der Waals surface area (Å²) in [6, 6.07) is 4.65. The highest BCUT2D eigenvalue weighted by Crippen LogP contribution is 2.30. The zero-order chi connectivity index (χ0) is 14.7. The van der Waals surface area contributed by atoms with Crippen LogP contribution in [0.25, 0.3) is 0 Å². The van der Waals surface area contributed by atoms with Crippen molar-refractivity contribution < 1.29 is 9.53 Å². The molecular weight excluding hydrogens is 320 g/mol. The summed E-state index contributed by atoms with van der Waals surface area (Å²) in [5.41, 5.74) is 7.43. The highest BCUT2D eigenvalue weighted by molar-refractivity contribution is 9.10. The largest absolute Gasteiger partial charge is 0.480 e. The number of rotatable bonds is 7. The Balaban J connectivity index is 2.20. The molecule has 0 heterocycles. The Morgan fingerprint density at radius 2 is 2.25 bits per heavy atom. The number of primary amides is 1. The van der Waals surface area contributed by atoms with Gasteiger partial charge in [0.05, 0.1) is 0 Å². The van der Waals surface area contributed by atoms with Crippen LogP contribution in [0.15, 0.2) is 16.6 Å². The van der Waals surface area contributed by atoms with Gasteiger partial charge in [-0.05, 0) is 43.9 Å². The van der Waals surface area contributed by atoms with Gasteiger partial charge in [0.1, 0.15) is 5.75 Å². The van der Waals surface area contributed by atoms with Gasteiger partial charge in [0, 0.05) is 22.6 Å². The van der Waals surface area contributed by atoms with E-state index in [0.29, 0.717) is 12.5 Å². The van der Waals surface area contributed by atoms with Crippen molar-refractivity contribution in [1.82, 2.24) is 5.32 Å². The van der Waals surface area contributed by atoms with Crippen LogP contribution in [-0.2, 0) is 11.3 Å². The molecule has 1 unspecified atom stereocenters. The van der Waals surface area contributed by atoms with Crippen molar-refractivity contribution in [3.05, 3.63) is 27.7 Å². The molecule has 0 aromatic heterocycles. The number of amides is 1. The fourth-order valence-electron chi connectivity index (χ4n) is 2.13. The number of halogens is 1. The van der Waals surface area contributed by atoms with E-state index in [2.05, 4.69) is 21.2 Å². The number of ether oxygens (including phenoxy) is 1. The van der Waals surface area contributed by atoms with Gasteiger partial charge >= 0.3 is 0 Å². The quantitative estimate of drug-likeness (QED) is 0.801. The molecule has 0 spiro atoms. The van der Waals surface area contributed by atoms with E-state index < -0.39 is 12.0 Å². The number of carbonyl (C=O) groups is 1. The summed E-state index contributed by atoms with van der Waals surface area (Å²) >= 11 is 3.51. The van der Waals surface area contributed by atoms with Crippen LogP contribution >= 0.6 is 15.9 Å². The summed E-state index contributed by atoms with van der Waals surface area (Å²) in [5.74, 6) is 0.350. The second-order valence-corrected chi connectivity index (χ2v) is 6.20. The van der Waals surface area contributed by atoms with Crippen molar-refractivity contribution in [3.8, 4) is 5.75 Å². The molecule has 1 aliphatic rings. The zero-order valence-corrected chi connectivity index (χ0v) is 13.5. The first-order valence-electron chi connectivity index (χ1n) is 6.99. The standard InChI is InChI=1S/C15H21BrN2O2/c1-3-13(15(17)19)20-14-9(2)6-11(16)7-10(14)8-18-12-4-5-12/h6-7,12-13,18H,3-5,8H2,1-2H3,(H2,17,19). The first-order chi connectivity index (χ1) is 9.51. The lowest BCUT2D eigenvalue weighted by Crippen LogP contribution is -2.33. The Morgan fingerprint density at radius 1 is 1.55 bits per heavy atom. The summed E-state index contributed by atoms with van der Waals surface area (Å²) in [7, 11) is 0. The Bertz CT molecular complexity index is 501. The predicted octanol–water partition coefficient (Wildman–Crippen LogP) is 2.65. The van der Waals surface area contributed by atoms with Gasteiger partial charge in [0.25, 0.3) is 5.91 Å². The molecule has 5 heteroatoms. The van der Waals surface area contributed by atoms with Crippen molar-refractivity contribution >= 4 is 21.8 Å². The molecule has 1 aromatic carbocycles. The molecule has 1 atom stereocenters. The third kappa shape index (κ3) is 3.96. The third-order valence-corrected chi connectivity index (χ3v) is 3.88. The molecule has 4 nitrogen and oxygen atoms in total. The van der Waals surface area contributed by atoms with Crippen LogP contribution in [0.1, 0.15) is 37.3 Å². The lowest BCUT2D eigenvalue weighted by Gasteiger charge is -2.20. The lowest BCUT2D eigenvalue weighted by molar-refractivity contribution is -0.124. The molecule has 2 rings (SSSR count). The van der Waals surface area contributed by atoms with Crippen LogP contribution in [0.2, 0.25) is 0 Å². The number of carbonyl (C=O) groups excluding carboxylic acids is 1. The minimum absolute atomic E-state index is 0.420. The highest BCUT2D eigenvalue weighted by atomic mass is 79.9. The van der Waals surface area contributed by atoms with E-state index in [9.17, 15) is 4.79 Å². The molecule has 3 N–H and O–H groups in total. The van der Waals surface area contributed by atoms with Crippen LogP contribution in [0.4, 0.5) is 0 Å². The first-order valence-corrected chi connectivity index (χ1v) is 7.79. The Morgan fingerprint density at radius 3 is 2.80 bits per heavy atom. The number of hydrogen-bond acceptors (Lipinski definition) is 3. The van der Waals surface area contributed by atoms with Gasteiger partial charge in [-0.25, -0.2) is 0 Å². The van der Waals surface area contributed by atoms with E-state index in [1.807, 2.05) is 26.0 Å². The Kier molecular flexibility index (Phi) is 5.05. The van der Waals surface area contributed by atoms with Gasteiger partial charge in [-0.1, -0.05) is 22.9 Å². The van der Waals surface area contributed by atoms with Gasteiger partial charge in [-0.2, -0.15) is 0 Å². The average molecular weight is 341 g/mol. The molecule has 1 amide bonds. The molecule has 1 aliphatic carbocycles. The number of aryl methyl sites for hydroxylation is 1. The molecule has 110 valence electrons. The Labute approximate surface area is 128 Å². The van der Waals surface area contributed by atoms with Crippen molar-refractivity contribution in [2.45, 2.75) is 51.8 Å². The second kappa shape index (κ2) is 6.59. The Hall–Kier alpha value is -1.07. The smallest absolute Gasteiger partial charge is 0.258 e. The van der Waals surface area contributed by atoms with Gasteiger partial charge in [0.15, 0.2) is 6.10 Å². The lowest BCUT2D eigenvalue weighted by atomic mass is 10.1. The summed E-state index contributed by atoms with van der Waals surface area (Å²) in [6.45, 7) is 4.62. The molecule has 1 fully saturated rings. The van der Waals surface area contributed by atoms with E-state index in [4.69, 9.17) is 10.5 Å². The van der Waals surface area contributed by atoms with Crippen molar-refractivity contribution in [2.24, 2.45) is 5.73 Å². The fraction of sp³-hybridized carbons (Fsp3) is 0.533. The number of benzene rings is 1. The van der Waals surface area contributed by atoms with Crippen LogP contribution in [0, 0.1) is 6.92 Å². The fourth-order valence-corrected chi connectivity index (χ4v) is 2.75. The SMILES string of the molecule is CCC(Oc1c(C)cc(Br)cc1CNC1CC1)C(N)=O. The van der Waals surface area contributed by atoms with E-state index in [-0.39, 0.29) is 0 Å². The van der Waals surface area contributed by atoms with Crippen molar-refractivity contribution in [1.29, 1.82) is 0 Å². The second-order valence-electron chi connectivity index (χ2n) is 5.28. The molecule has 0 aliphatic heterocycles. The molecule has 0 bridgehead atoms. The van der Waals surface area contributed by atoms with Gasteiger partial charge in [0.2, 0.25) is 0 Å². The summed E-state index contributed by atoms with van der Waals surface area (Å²) in [6.07, 6.45) is 2.47. The van der Waals surface area contributed by atoms with Gasteiger partial charge in [-0.15, -0.1) is 0 Å². The van der Waals surface area contributed by atoms with E-state index in [1.165, 1.54) is 12.8 Å². The maximum atomic E-state index is 11.4. The predicted molar refractivity (Wildman–Crippen MR) is 82.6 cm³/mol. The van der Waals surface area contributed by atoms with Gasteiger partial charge in [-0.3, -0.25) is 4.79 Å². The average Bonchev–Trinajstić information content (AvgIpc) is 3.18. The minimum atomic E-state index is -0.574. The van der Waals surface area contributed by atoms with Gasteiger partial charge < -0.3 is 15.8 Å². The summed E-state index contributed by atoms with van der Waals surface area (Å²) in [4.78, 5) is 11.4. The number of nitrogens with one attached hydrogen (secondary N) is 1. The summed E-state index contributed by atoms with van der Waals surface area (Å²) in [5, 5.41) is 3.47. The van der Waals surface area contributed by atoms with Crippen LogP contribution < -0.4 is 15.8 Å².